The average molecular weight is 1340 g/mol. The molecule has 13 saturated heterocycles. The Kier molecular flexibility index (Phi) is 34.6. The third-order valence-electron chi connectivity index (χ3n) is 22.9. The Balaban J connectivity index is 0.000000194. The van der Waals surface area contributed by atoms with Gasteiger partial charge in [-0.2, -0.15) is 0 Å². The molecule has 2 atom stereocenters. The van der Waals surface area contributed by atoms with E-state index in [1.165, 1.54) is 110 Å². The van der Waals surface area contributed by atoms with E-state index in [0.717, 1.165) is 136 Å². The number of morpholine rings is 2. The van der Waals surface area contributed by atoms with E-state index >= 15 is 0 Å². The zero-order valence-electron chi connectivity index (χ0n) is 66.0. The van der Waals surface area contributed by atoms with E-state index in [4.69, 9.17) is 41.6 Å². The van der Waals surface area contributed by atoms with Crippen molar-refractivity contribution in [1.82, 2.24) is 44.1 Å². The Labute approximate surface area is 586 Å². The lowest BCUT2D eigenvalue weighted by Gasteiger charge is -2.62. The molecular weight excluding hydrogens is 1190 g/mol. The van der Waals surface area contributed by atoms with Gasteiger partial charge in [-0.15, -0.1) is 0 Å². The van der Waals surface area contributed by atoms with Crippen molar-refractivity contribution in [3.8, 4) is 0 Å². The number of likely N-dealkylation sites (tertiary alicyclic amines) is 7. The third-order valence-corrected chi connectivity index (χ3v) is 22.9. The summed E-state index contributed by atoms with van der Waals surface area (Å²) in [7, 11) is 0. The maximum absolute atomic E-state index is 7.05. The van der Waals surface area contributed by atoms with Crippen molar-refractivity contribution < 1.29 is 28.4 Å². The predicted octanol–water partition coefficient (Wildman–Crippen LogP) is 12.1. The normalized spacial score (nSPS) is 26.9. The molecule has 13 aliphatic heterocycles. The molecule has 2 unspecified atom stereocenters. The lowest BCUT2D eigenvalue weighted by Crippen LogP contribution is -2.74. The van der Waals surface area contributed by atoms with Crippen LogP contribution in [0.1, 0.15) is 211 Å². The van der Waals surface area contributed by atoms with Crippen molar-refractivity contribution >= 4 is 0 Å². The second kappa shape index (κ2) is 39.1. The SMILES string of the molecule is CC(C)(C)N1CCC12COC2.CC(C)N1CC2(CCCO2)C1.CC(C)N1CC2(COC2)C1.CC(C)N1CCC2(CC1)COC2.CC(C)N1CCCCC1.CC(C)N1CCOCC1.CC1CN(C(C)C)CC(C)O1.[C-]#[N+]C(C)(C)C1CN(C(C)C)C1.[C-]#[N+]CC1CN(C(C)C)C1. The van der Waals surface area contributed by atoms with Crippen LogP contribution in [0.5, 0.6) is 0 Å². The monoisotopic (exact) mass is 1340 g/mol. The molecule has 0 N–H and O–H groups in total. The number of rotatable bonds is 10. The van der Waals surface area contributed by atoms with E-state index < -0.39 is 0 Å². The highest BCUT2D eigenvalue weighted by Crippen LogP contribution is 2.43. The summed E-state index contributed by atoms with van der Waals surface area (Å²) < 4.78 is 32.3. The number of nitrogens with zero attached hydrogens (tertiary/aromatic N) is 11. The van der Waals surface area contributed by atoms with Crippen LogP contribution in [0.25, 0.3) is 9.69 Å². The van der Waals surface area contributed by atoms with E-state index in [-0.39, 0.29) is 5.54 Å². The summed E-state index contributed by atoms with van der Waals surface area (Å²) >= 11 is 0. The minimum absolute atomic E-state index is 0.147. The topological polar surface area (TPSA) is 93.3 Å². The molecule has 0 aliphatic carbocycles. The number of hydrogen-bond donors (Lipinski definition) is 0. The predicted molar refractivity (Wildman–Crippen MR) is 396 cm³/mol. The second-order valence-corrected chi connectivity index (χ2v) is 35.0. The van der Waals surface area contributed by atoms with Crippen LogP contribution in [-0.2, 0) is 28.4 Å². The number of piperidine rings is 2. The van der Waals surface area contributed by atoms with Crippen molar-refractivity contribution in [3.63, 3.8) is 0 Å². The largest absolute Gasteiger partial charge is 0.380 e. The van der Waals surface area contributed by atoms with Gasteiger partial charge in [0.05, 0.1) is 88.0 Å². The summed E-state index contributed by atoms with van der Waals surface area (Å²) in [6.07, 6.45) is 11.7. The first-order valence-corrected chi connectivity index (χ1v) is 38.6. The van der Waals surface area contributed by atoms with Gasteiger partial charge < -0.3 is 47.9 Å². The molecule has 0 amide bonds. The quantitative estimate of drug-likeness (QED) is 0.194. The molecule has 0 aromatic carbocycles. The maximum Gasteiger partial charge on any atom is 0.232 e. The van der Waals surface area contributed by atoms with Crippen LogP contribution in [0.15, 0.2) is 0 Å². The van der Waals surface area contributed by atoms with Crippen LogP contribution in [0, 0.1) is 35.8 Å². The Morgan fingerprint density at radius 1 is 0.411 bits per heavy atom. The van der Waals surface area contributed by atoms with Crippen molar-refractivity contribution in [2.75, 3.05) is 177 Å². The Bertz CT molecular complexity index is 2120. The molecule has 0 saturated carbocycles. The molecule has 17 nitrogen and oxygen atoms in total. The highest BCUT2D eigenvalue weighted by molar-refractivity contribution is 5.09. The zero-order chi connectivity index (χ0) is 70.5. The van der Waals surface area contributed by atoms with Gasteiger partial charge in [-0.3, -0.25) is 34.3 Å². The van der Waals surface area contributed by atoms with Crippen LogP contribution in [0.4, 0.5) is 0 Å². The third kappa shape index (κ3) is 26.3. The van der Waals surface area contributed by atoms with Crippen molar-refractivity contribution in [2.24, 2.45) is 22.7 Å². The van der Waals surface area contributed by atoms with Gasteiger partial charge >= 0.3 is 0 Å². The van der Waals surface area contributed by atoms with E-state index in [2.05, 4.69) is 199 Å². The molecular formula is C78H151N11O6. The van der Waals surface area contributed by atoms with Gasteiger partial charge in [0.25, 0.3) is 0 Å². The van der Waals surface area contributed by atoms with Crippen molar-refractivity contribution in [2.45, 2.75) is 293 Å². The van der Waals surface area contributed by atoms with Crippen LogP contribution in [0.2, 0.25) is 0 Å². The van der Waals surface area contributed by atoms with Gasteiger partial charge in [0.1, 0.15) is 0 Å². The number of ether oxygens (including phenoxy) is 6. The molecule has 13 heterocycles. The second-order valence-electron chi connectivity index (χ2n) is 35.0. The standard InChI is InChI=1S/C10H18N2.C10H19NO.2C9H17NO.C9H19NO.C8H14N2.C8H15NO.C8H17N.C7H15NO/c1-8(2)12-6-9(7-12)10(3,4)11-5;1-9(2)11-5-3-10(4-6-11)7-12-8-10;1-8(2,3)10-5-4-9(10)6-11-7-9;1-8(2)10-6-9(7-10)4-3-5-11-9;1-7(2)10-5-8(3)11-9(4)6-10;1-7(2)10-5-8(6-10)4-9-3;1-7(2)9-3-8(4-9)5-10-6-8;1-8(2)9-6-4-3-5-7-9;1-7(2)8-3-5-9-6-4-8/h8-9H,6-7H2,1-4H3;9H,3-8H2,1-2H3;4-7H2,1-3H3;8H,3-7H2,1-2H3;7-9H,5-6H2,1-4H3;7-8H,4-6H2,1-2H3;7H,3-6H2,1-2H3;8H,3-7H2,1-2H3;7H,3-6H2,1-2H3. The smallest absolute Gasteiger partial charge is 0.232 e. The zero-order valence-corrected chi connectivity index (χ0v) is 66.0. The summed E-state index contributed by atoms with van der Waals surface area (Å²) in [5.74, 6) is 1.25. The molecule has 0 radical (unpaired) electrons. The van der Waals surface area contributed by atoms with E-state index in [9.17, 15) is 0 Å². The molecule has 0 aromatic heterocycles. The van der Waals surface area contributed by atoms with Crippen molar-refractivity contribution in [1.29, 1.82) is 0 Å². The summed E-state index contributed by atoms with van der Waals surface area (Å²) in [5, 5.41) is 0. The molecule has 554 valence electrons. The highest BCUT2D eigenvalue weighted by Gasteiger charge is 2.54. The van der Waals surface area contributed by atoms with Gasteiger partial charge in [-0.05, 0) is 217 Å². The fraction of sp³-hybridized carbons (Fsp3) is 0.974. The fourth-order valence-corrected chi connectivity index (χ4v) is 15.2. The molecule has 13 aliphatic rings. The van der Waals surface area contributed by atoms with Gasteiger partial charge in [0.15, 0.2) is 0 Å². The Morgan fingerprint density at radius 3 is 1.16 bits per heavy atom. The van der Waals surface area contributed by atoms with Crippen LogP contribution in [0.3, 0.4) is 0 Å². The summed E-state index contributed by atoms with van der Waals surface area (Å²) in [6, 6.07) is 5.58. The average Bonchev–Trinajstić information content (AvgIpc) is 1.000. The van der Waals surface area contributed by atoms with E-state index in [1.54, 1.807) is 0 Å². The van der Waals surface area contributed by atoms with E-state index in [0.29, 0.717) is 81.8 Å². The lowest BCUT2D eigenvalue weighted by molar-refractivity contribution is -0.219. The molecule has 17 heteroatoms. The first-order valence-electron chi connectivity index (χ1n) is 38.6. The van der Waals surface area contributed by atoms with Crippen LogP contribution >= 0.6 is 0 Å². The van der Waals surface area contributed by atoms with E-state index in [1.807, 2.05) is 13.8 Å². The highest BCUT2D eigenvalue weighted by atomic mass is 16.5. The van der Waals surface area contributed by atoms with Gasteiger partial charge in [0.2, 0.25) is 12.1 Å². The molecule has 95 heavy (non-hydrogen) atoms. The van der Waals surface area contributed by atoms with Crippen molar-refractivity contribution in [3.05, 3.63) is 22.8 Å². The molecule has 0 aromatic rings. The molecule has 13 fully saturated rings. The molecule has 13 rings (SSSR count). The molecule has 4 spiro atoms. The minimum Gasteiger partial charge on any atom is -0.380 e. The minimum atomic E-state index is -0.147. The van der Waals surface area contributed by atoms with Crippen LogP contribution < -0.4 is 0 Å². The summed E-state index contributed by atoms with van der Waals surface area (Å²) in [4.78, 5) is 29.4. The molecule has 0 bridgehead atoms. The fourth-order valence-electron chi connectivity index (χ4n) is 15.2. The Hall–Kier alpha value is -1.62. The van der Waals surface area contributed by atoms with Gasteiger partial charge in [0, 0.05) is 170 Å². The number of hydrogen-bond acceptors (Lipinski definition) is 15. The Morgan fingerprint density at radius 2 is 0.832 bits per heavy atom. The van der Waals surface area contributed by atoms with Gasteiger partial charge in [-0.25, -0.2) is 13.1 Å². The summed E-state index contributed by atoms with van der Waals surface area (Å²) in [6.45, 7) is 94.6. The lowest BCUT2D eigenvalue weighted by atomic mass is 9.76. The first-order chi connectivity index (χ1) is 44.6. The summed E-state index contributed by atoms with van der Waals surface area (Å²) in [5.41, 5.74) is 2.14. The van der Waals surface area contributed by atoms with Crippen LogP contribution in [-0.4, -0.2) is 304 Å². The maximum atomic E-state index is 7.05. The van der Waals surface area contributed by atoms with Gasteiger partial charge in [-0.1, -0.05) is 6.42 Å². The first kappa shape index (κ1) is 84.0.